The average Bonchev–Trinajstić information content (AvgIpc) is 2.57. The smallest absolute Gasteiger partial charge is 0.0697 e. The summed E-state index contributed by atoms with van der Waals surface area (Å²) in [7, 11) is 0. The molecule has 1 aliphatic heterocycles. The van der Waals surface area contributed by atoms with E-state index in [-0.39, 0.29) is 5.41 Å². The first-order valence-electron chi connectivity index (χ1n) is 4.99. The standard InChI is InChI=1S/C10H19N3/c1-10(2,7-11)8-12-6-9-4-3-5-13-9/h9,12-13H,3-6,8H2,1-2H3. The van der Waals surface area contributed by atoms with Gasteiger partial charge < -0.3 is 10.6 Å². The van der Waals surface area contributed by atoms with Crippen LogP contribution in [0.2, 0.25) is 0 Å². The molecule has 1 rings (SSSR count). The second-order valence-electron chi connectivity index (χ2n) is 4.42. The lowest BCUT2D eigenvalue weighted by molar-refractivity contribution is 0.423. The van der Waals surface area contributed by atoms with Crippen molar-refractivity contribution in [3.8, 4) is 6.07 Å². The molecule has 0 bridgehead atoms. The van der Waals surface area contributed by atoms with Crippen LogP contribution in [0.5, 0.6) is 0 Å². The molecule has 2 N–H and O–H groups in total. The number of nitrogens with zero attached hydrogens (tertiary/aromatic N) is 1. The van der Waals surface area contributed by atoms with Crippen molar-refractivity contribution in [1.82, 2.24) is 10.6 Å². The van der Waals surface area contributed by atoms with Crippen molar-refractivity contribution >= 4 is 0 Å². The third kappa shape index (κ3) is 3.75. The van der Waals surface area contributed by atoms with Gasteiger partial charge in [0.25, 0.3) is 0 Å². The van der Waals surface area contributed by atoms with E-state index in [2.05, 4.69) is 16.7 Å². The molecule has 13 heavy (non-hydrogen) atoms. The van der Waals surface area contributed by atoms with Crippen molar-refractivity contribution in [3.05, 3.63) is 0 Å². The molecule has 1 fully saturated rings. The third-order valence-electron chi connectivity index (χ3n) is 2.42. The fourth-order valence-corrected chi connectivity index (χ4v) is 1.53. The van der Waals surface area contributed by atoms with Crippen LogP contribution in [0.15, 0.2) is 0 Å². The summed E-state index contributed by atoms with van der Waals surface area (Å²) in [5.74, 6) is 0. The molecule has 74 valence electrons. The fourth-order valence-electron chi connectivity index (χ4n) is 1.53. The van der Waals surface area contributed by atoms with E-state index in [9.17, 15) is 0 Å². The zero-order valence-corrected chi connectivity index (χ0v) is 8.56. The molecule has 0 amide bonds. The van der Waals surface area contributed by atoms with Crippen LogP contribution in [-0.4, -0.2) is 25.7 Å². The van der Waals surface area contributed by atoms with Gasteiger partial charge in [0, 0.05) is 19.1 Å². The highest BCUT2D eigenvalue weighted by Gasteiger charge is 2.18. The van der Waals surface area contributed by atoms with Crippen LogP contribution in [0.1, 0.15) is 26.7 Å². The molecule has 0 aliphatic carbocycles. The van der Waals surface area contributed by atoms with Gasteiger partial charge in [-0.3, -0.25) is 0 Å². The number of hydrogen-bond donors (Lipinski definition) is 2. The molecule has 1 aliphatic rings. The summed E-state index contributed by atoms with van der Waals surface area (Å²) in [6.07, 6.45) is 2.55. The molecule has 1 unspecified atom stereocenters. The maximum atomic E-state index is 8.78. The summed E-state index contributed by atoms with van der Waals surface area (Å²) in [6, 6.07) is 2.90. The Hall–Kier alpha value is -0.590. The van der Waals surface area contributed by atoms with Crippen LogP contribution in [-0.2, 0) is 0 Å². The van der Waals surface area contributed by atoms with Gasteiger partial charge >= 0.3 is 0 Å². The van der Waals surface area contributed by atoms with E-state index in [1.54, 1.807) is 0 Å². The SMILES string of the molecule is CC(C)(C#N)CNCC1CCCN1. The second-order valence-corrected chi connectivity index (χ2v) is 4.42. The van der Waals surface area contributed by atoms with Gasteiger partial charge in [-0.05, 0) is 33.2 Å². The summed E-state index contributed by atoms with van der Waals surface area (Å²) in [5, 5.41) is 15.5. The average molecular weight is 181 g/mol. The van der Waals surface area contributed by atoms with E-state index in [1.165, 1.54) is 12.8 Å². The van der Waals surface area contributed by atoms with Gasteiger partial charge in [0.2, 0.25) is 0 Å². The summed E-state index contributed by atoms with van der Waals surface area (Å²) in [4.78, 5) is 0. The molecule has 0 aromatic heterocycles. The number of hydrogen-bond acceptors (Lipinski definition) is 3. The summed E-state index contributed by atoms with van der Waals surface area (Å²) < 4.78 is 0. The Morgan fingerprint density at radius 2 is 2.38 bits per heavy atom. The Labute approximate surface area is 80.5 Å². The predicted molar refractivity (Wildman–Crippen MR) is 53.3 cm³/mol. The van der Waals surface area contributed by atoms with E-state index >= 15 is 0 Å². The third-order valence-corrected chi connectivity index (χ3v) is 2.42. The van der Waals surface area contributed by atoms with Gasteiger partial charge in [-0.15, -0.1) is 0 Å². The molecule has 1 saturated heterocycles. The fraction of sp³-hybridized carbons (Fsp3) is 0.900. The molecule has 0 aromatic carbocycles. The second kappa shape index (κ2) is 4.59. The van der Waals surface area contributed by atoms with Crippen molar-refractivity contribution in [1.29, 1.82) is 5.26 Å². The first-order valence-corrected chi connectivity index (χ1v) is 4.99. The maximum Gasteiger partial charge on any atom is 0.0697 e. The summed E-state index contributed by atoms with van der Waals surface area (Å²) in [5.41, 5.74) is -0.237. The van der Waals surface area contributed by atoms with Gasteiger partial charge in [0.05, 0.1) is 11.5 Å². The lowest BCUT2D eigenvalue weighted by atomic mass is 9.96. The zero-order valence-electron chi connectivity index (χ0n) is 8.56. The van der Waals surface area contributed by atoms with E-state index < -0.39 is 0 Å². The first-order chi connectivity index (χ1) is 6.14. The molecular weight excluding hydrogens is 162 g/mol. The lowest BCUT2D eigenvalue weighted by Crippen LogP contribution is -2.38. The van der Waals surface area contributed by atoms with Gasteiger partial charge in [0.15, 0.2) is 0 Å². The monoisotopic (exact) mass is 181 g/mol. The Morgan fingerprint density at radius 3 is 2.92 bits per heavy atom. The summed E-state index contributed by atoms with van der Waals surface area (Å²) >= 11 is 0. The Balaban J connectivity index is 2.10. The van der Waals surface area contributed by atoms with E-state index in [4.69, 9.17) is 5.26 Å². The normalized spacial score (nSPS) is 23.0. The number of rotatable bonds is 4. The van der Waals surface area contributed by atoms with Crippen LogP contribution in [0.4, 0.5) is 0 Å². The van der Waals surface area contributed by atoms with Gasteiger partial charge in [-0.1, -0.05) is 0 Å². The zero-order chi connectivity index (χ0) is 9.73. The molecule has 0 spiro atoms. The Kier molecular flexibility index (Phi) is 3.71. The molecule has 1 heterocycles. The molecule has 0 aromatic rings. The Morgan fingerprint density at radius 1 is 1.62 bits per heavy atom. The highest BCUT2D eigenvalue weighted by Crippen LogP contribution is 2.11. The Bertz CT molecular complexity index is 187. The topological polar surface area (TPSA) is 47.9 Å². The molecule has 3 heteroatoms. The van der Waals surface area contributed by atoms with Crippen LogP contribution in [0.25, 0.3) is 0 Å². The van der Waals surface area contributed by atoms with Crippen LogP contribution < -0.4 is 10.6 Å². The maximum absolute atomic E-state index is 8.78. The van der Waals surface area contributed by atoms with Crippen LogP contribution >= 0.6 is 0 Å². The van der Waals surface area contributed by atoms with Crippen molar-refractivity contribution < 1.29 is 0 Å². The van der Waals surface area contributed by atoms with Crippen molar-refractivity contribution in [3.63, 3.8) is 0 Å². The van der Waals surface area contributed by atoms with Gasteiger partial charge in [0.1, 0.15) is 0 Å². The molecule has 1 atom stereocenters. The molecule has 0 radical (unpaired) electrons. The largest absolute Gasteiger partial charge is 0.314 e. The van der Waals surface area contributed by atoms with Crippen LogP contribution in [0, 0.1) is 16.7 Å². The van der Waals surface area contributed by atoms with Crippen molar-refractivity contribution in [2.24, 2.45) is 5.41 Å². The lowest BCUT2D eigenvalue weighted by Gasteiger charge is -2.18. The van der Waals surface area contributed by atoms with Crippen molar-refractivity contribution in [2.75, 3.05) is 19.6 Å². The number of nitrogens with one attached hydrogen (secondary N) is 2. The van der Waals surface area contributed by atoms with Crippen molar-refractivity contribution in [2.45, 2.75) is 32.7 Å². The highest BCUT2D eigenvalue weighted by molar-refractivity contribution is 4.93. The van der Waals surface area contributed by atoms with E-state index in [0.717, 1.165) is 19.6 Å². The minimum Gasteiger partial charge on any atom is -0.314 e. The van der Waals surface area contributed by atoms with Gasteiger partial charge in [-0.2, -0.15) is 5.26 Å². The molecule has 0 saturated carbocycles. The molecule has 3 nitrogen and oxygen atoms in total. The minimum absolute atomic E-state index is 0.237. The van der Waals surface area contributed by atoms with E-state index in [1.807, 2.05) is 13.8 Å². The van der Waals surface area contributed by atoms with Gasteiger partial charge in [-0.25, -0.2) is 0 Å². The quantitative estimate of drug-likeness (QED) is 0.677. The minimum atomic E-state index is -0.237. The highest BCUT2D eigenvalue weighted by atomic mass is 15.0. The van der Waals surface area contributed by atoms with E-state index in [0.29, 0.717) is 6.04 Å². The predicted octanol–water partition coefficient (Wildman–Crippen LogP) is 0.878. The number of nitriles is 1. The summed E-state index contributed by atoms with van der Waals surface area (Å²) in [6.45, 7) is 6.84. The molecular formula is C10H19N3. The first kappa shape index (κ1) is 10.5. The van der Waals surface area contributed by atoms with Crippen LogP contribution in [0.3, 0.4) is 0 Å².